The van der Waals surface area contributed by atoms with Crippen LogP contribution in [0.15, 0.2) is 78.9 Å². The third kappa shape index (κ3) is 5.04. The van der Waals surface area contributed by atoms with E-state index >= 15 is 0 Å². The van der Waals surface area contributed by atoms with E-state index in [1.807, 2.05) is 54.6 Å². The molecule has 1 N–H and O–H groups in total. The predicted octanol–water partition coefficient (Wildman–Crippen LogP) is 5.89. The Morgan fingerprint density at radius 1 is 0.821 bits per heavy atom. The van der Waals surface area contributed by atoms with Gasteiger partial charge >= 0.3 is 6.18 Å². The molecule has 0 bridgehead atoms. The Morgan fingerprint density at radius 2 is 1.36 bits per heavy atom. The molecule has 0 aromatic heterocycles. The second-order valence-corrected chi connectivity index (χ2v) is 5.99. The summed E-state index contributed by atoms with van der Waals surface area (Å²) in [5, 5.41) is 1.24. The molecule has 146 valence electrons. The summed E-state index contributed by atoms with van der Waals surface area (Å²) in [7, 11) is 1.52. The SMILES string of the molecule is CN(Nc1ccc(-c2ccccc2)cc1)C(=O)c1ccc(C(F)(F)F)cc1.Cl. The van der Waals surface area contributed by atoms with Crippen LogP contribution in [0.2, 0.25) is 0 Å². The molecule has 0 atom stereocenters. The van der Waals surface area contributed by atoms with E-state index in [-0.39, 0.29) is 18.0 Å². The second kappa shape index (κ2) is 8.80. The monoisotopic (exact) mass is 406 g/mol. The van der Waals surface area contributed by atoms with Gasteiger partial charge in [-0.3, -0.25) is 15.2 Å². The first kappa shape index (κ1) is 21.3. The lowest BCUT2D eigenvalue weighted by Gasteiger charge is -2.20. The second-order valence-electron chi connectivity index (χ2n) is 5.99. The quantitative estimate of drug-likeness (QED) is 0.547. The highest BCUT2D eigenvalue weighted by Gasteiger charge is 2.30. The number of rotatable bonds is 4. The molecule has 0 aliphatic heterocycles. The molecule has 1 amide bonds. The number of nitrogens with zero attached hydrogens (tertiary/aromatic N) is 1. The number of carbonyl (C=O) groups excluding carboxylic acids is 1. The van der Waals surface area contributed by atoms with Gasteiger partial charge in [-0.05, 0) is 47.5 Å². The Morgan fingerprint density at radius 3 is 1.89 bits per heavy atom. The average Bonchev–Trinajstić information content (AvgIpc) is 2.68. The number of nitrogens with one attached hydrogen (secondary N) is 1. The number of hydrogen-bond acceptors (Lipinski definition) is 2. The molecule has 0 heterocycles. The van der Waals surface area contributed by atoms with Crippen LogP contribution < -0.4 is 5.43 Å². The van der Waals surface area contributed by atoms with Gasteiger partial charge in [0, 0.05) is 12.6 Å². The molecule has 3 rings (SSSR count). The Balaban J connectivity index is 0.00000280. The maximum absolute atomic E-state index is 12.6. The molecule has 3 aromatic carbocycles. The summed E-state index contributed by atoms with van der Waals surface area (Å²) in [6.07, 6.45) is -4.42. The lowest BCUT2D eigenvalue weighted by atomic mass is 10.1. The minimum Gasteiger partial charge on any atom is -0.296 e. The van der Waals surface area contributed by atoms with Crippen LogP contribution in [0, 0.1) is 0 Å². The number of anilines is 1. The highest BCUT2D eigenvalue weighted by molar-refractivity contribution is 5.94. The van der Waals surface area contributed by atoms with Crippen molar-refractivity contribution >= 4 is 24.0 Å². The van der Waals surface area contributed by atoms with Crippen molar-refractivity contribution < 1.29 is 18.0 Å². The zero-order valence-electron chi connectivity index (χ0n) is 14.9. The van der Waals surface area contributed by atoms with Gasteiger partial charge in [0.2, 0.25) is 0 Å². The summed E-state index contributed by atoms with van der Waals surface area (Å²) >= 11 is 0. The average molecular weight is 407 g/mol. The fraction of sp³-hybridized carbons (Fsp3) is 0.0952. The molecule has 0 fully saturated rings. The van der Waals surface area contributed by atoms with Crippen LogP contribution in [0.1, 0.15) is 15.9 Å². The van der Waals surface area contributed by atoms with Gasteiger partial charge in [-0.25, -0.2) is 0 Å². The van der Waals surface area contributed by atoms with Crippen LogP contribution >= 0.6 is 12.4 Å². The Hall–Kier alpha value is -2.99. The molecule has 0 saturated heterocycles. The van der Waals surface area contributed by atoms with Gasteiger partial charge in [0.1, 0.15) is 0 Å². The van der Waals surface area contributed by atoms with E-state index in [1.165, 1.54) is 24.2 Å². The topological polar surface area (TPSA) is 32.3 Å². The minimum absolute atomic E-state index is 0. The lowest BCUT2D eigenvalue weighted by molar-refractivity contribution is -0.137. The molecule has 0 spiro atoms. The highest BCUT2D eigenvalue weighted by atomic mass is 35.5. The van der Waals surface area contributed by atoms with Gasteiger partial charge in [0.05, 0.1) is 11.3 Å². The minimum atomic E-state index is -4.42. The normalized spacial score (nSPS) is 10.7. The third-order valence-corrected chi connectivity index (χ3v) is 4.05. The van der Waals surface area contributed by atoms with Crippen LogP contribution in [-0.2, 0) is 6.18 Å². The molecule has 3 aromatic rings. The summed E-state index contributed by atoms with van der Waals surface area (Å²) in [6, 6.07) is 21.5. The standard InChI is InChI=1S/C21H17F3N2O.ClH/c1-26(20(27)17-7-11-18(12-8-17)21(22,23)24)25-19-13-9-16(10-14-19)15-5-3-2-4-6-15;/h2-14,25H,1H3;1H. The van der Waals surface area contributed by atoms with Crippen molar-refractivity contribution in [1.82, 2.24) is 5.01 Å². The molecule has 0 unspecified atom stereocenters. The first-order chi connectivity index (χ1) is 12.8. The van der Waals surface area contributed by atoms with E-state index in [9.17, 15) is 18.0 Å². The smallest absolute Gasteiger partial charge is 0.296 e. The van der Waals surface area contributed by atoms with Gasteiger partial charge in [0.25, 0.3) is 5.91 Å². The molecule has 0 aliphatic rings. The third-order valence-electron chi connectivity index (χ3n) is 4.05. The first-order valence-corrected chi connectivity index (χ1v) is 8.22. The van der Waals surface area contributed by atoms with Gasteiger partial charge in [-0.2, -0.15) is 13.2 Å². The van der Waals surface area contributed by atoms with E-state index in [4.69, 9.17) is 0 Å². The summed E-state index contributed by atoms with van der Waals surface area (Å²) in [4.78, 5) is 12.4. The zero-order chi connectivity index (χ0) is 19.4. The number of hydrogen-bond donors (Lipinski definition) is 1. The number of alkyl halides is 3. The number of hydrazine groups is 1. The number of halogens is 4. The maximum atomic E-state index is 12.6. The van der Waals surface area contributed by atoms with Crippen molar-refractivity contribution in [3.63, 3.8) is 0 Å². The van der Waals surface area contributed by atoms with E-state index in [2.05, 4.69) is 5.43 Å². The van der Waals surface area contributed by atoms with E-state index < -0.39 is 17.6 Å². The molecule has 7 heteroatoms. The van der Waals surface area contributed by atoms with Gasteiger partial charge in [-0.15, -0.1) is 12.4 Å². The van der Waals surface area contributed by atoms with E-state index in [0.29, 0.717) is 5.69 Å². The molecule has 3 nitrogen and oxygen atoms in total. The zero-order valence-corrected chi connectivity index (χ0v) is 15.7. The largest absolute Gasteiger partial charge is 0.416 e. The van der Waals surface area contributed by atoms with Crippen molar-refractivity contribution in [3.05, 3.63) is 90.0 Å². The Labute approximate surface area is 167 Å². The van der Waals surface area contributed by atoms with Crippen molar-refractivity contribution in [1.29, 1.82) is 0 Å². The van der Waals surface area contributed by atoms with Crippen LogP contribution in [0.25, 0.3) is 11.1 Å². The number of benzene rings is 3. The van der Waals surface area contributed by atoms with Crippen LogP contribution in [0.3, 0.4) is 0 Å². The number of carbonyl (C=O) groups is 1. The Bertz CT molecular complexity index is 911. The molecular formula is C21H18ClF3N2O. The predicted molar refractivity (Wildman–Crippen MR) is 106 cm³/mol. The summed E-state index contributed by atoms with van der Waals surface area (Å²) < 4.78 is 37.8. The molecular weight excluding hydrogens is 389 g/mol. The summed E-state index contributed by atoms with van der Waals surface area (Å²) in [5.74, 6) is -0.434. The van der Waals surface area contributed by atoms with Crippen LogP contribution in [-0.4, -0.2) is 18.0 Å². The highest BCUT2D eigenvalue weighted by Crippen LogP contribution is 2.29. The fourth-order valence-electron chi connectivity index (χ4n) is 2.61. The fourth-order valence-corrected chi connectivity index (χ4v) is 2.61. The molecule has 0 radical (unpaired) electrons. The molecule has 28 heavy (non-hydrogen) atoms. The van der Waals surface area contributed by atoms with Crippen molar-refractivity contribution in [2.75, 3.05) is 12.5 Å². The summed E-state index contributed by atoms with van der Waals surface area (Å²) in [6.45, 7) is 0. The van der Waals surface area contributed by atoms with Crippen molar-refractivity contribution in [2.45, 2.75) is 6.18 Å². The number of amides is 1. The molecule has 0 aliphatic carbocycles. The summed E-state index contributed by atoms with van der Waals surface area (Å²) in [5.41, 5.74) is 5.12. The van der Waals surface area contributed by atoms with Gasteiger partial charge < -0.3 is 0 Å². The van der Waals surface area contributed by atoms with Crippen molar-refractivity contribution in [3.8, 4) is 11.1 Å². The molecule has 0 saturated carbocycles. The first-order valence-electron chi connectivity index (χ1n) is 8.22. The van der Waals surface area contributed by atoms with Gasteiger partial charge in [-0.1, -0.05) is 42.5 Å². The Kier molecular flexibility index (Phi) is 6.70. The maximum Gasteiger partial charge on any atom is 0.416 e. The van der Waals surface area contributed by atoms with E-state index in [0.717, 1.165) is 23.3 Å². The van der Waals surface area contributed by atoms with Crippen LogP contribution in [0.5, 0.6) is 0 Å². The van der Waals surface area contributed by atoms with Crippen LogP contribution in [0.4, 0.5) is 18.9 Å². The van der Waals surface area contributed by atoms with Crippen molar-refractivity contribution in [2.24, 2.45) is 0 Å². The lowest BCUT2D eigenvalue weighted by Crippen LogP contribution is -2.32. The van der Waals surface area contributed by atoms with E-state index in [1.54, 1.807) is 0 Å². The van der Waals surface area contributed by atoms with Gasteiger partial charge in [0.15, 0.2) is 0 Å².